The second-order valence-corrected chi connectivity index (χ2v) is 7.09. The lowest BCUT2D eigenvalue weighted by Gasteiger charge is -2.25. The Morgan fingerprint density at radius 3 is 2.84 bits per heavy atom. The maximum absolute atomic E-state index is 5.80. The van der Waals surface area contributed by atoms with Gasteiger partial charge in [-0.05, 0) is 61.5 Å². The van der Waals surface area contributed by atoms with Gasteiger partial charge in [-0.2, -0.15) is 0 Å². The van der Waals surface area contributed by atoms with Gasteiger partial charge in [-0.15, -0.1) is 0 Å². The summed E-state index contributed by atoms with van der Waals surface area (Å²) in [6.45, 7) is 6.62. The van der Waals surface area contributed by atoms with Crippen molar-refractivity contribution in [2.45, 2.75) is 39.5 Å². The molecule has 1 aromatic carbocycles. The number of halogens is 1. The second-order valence-electron chi connectivity index (χ2n) is 6.17. The van der Waals surface area contributed by atoms with E-state index in [1.54, 1.807) is 0 Å². The Morgan fingerprint density at radius 1 is 1.32 bits per heavy atom. The highest BCUT2D eigenvalue weighted by molar-refractivity contribution is 9.10. The van der Waals surface area contributed by atoms with Crippen LogP contribution in [-0.4, -0.2) is 20.2 Å². The summed E-state index contributed by atoms with van der Waals surface area (Å²) < 4.78 is 6.98. The highest BCUT2D eigenvalue weighted by Gasteiger charge is 2.21. The zero-order valence-electron chi connectivity index (χ0n) is 12.2. The van der Waals surface area contributed by atoms with Crippen LogP contribution in [0.5, 0.6) is 5.75 Å². The number of rotatable bonds is 6. The minimum atomic E-state index is 0.372. The van der Waals surface area contributed by atoms with Crippen LogP contribution in [0.25, 0.3) is 0 Å². The summed E-state index contributed by atoms with van der Waals surface area (Å²) in [5, 5.41) is 3.24. The lowest BCUT2D eigenvalue weighted by atomic mass is 9.83. The zero-order valence-corrected chi connectivity index (χ0v) is 13.8. The number of ether oxygens (including phenoxy) is 1. The van der Waals surface area contributed by atoms with Crippen LogP contribution in [0.4, 0.5) is 0 Å². The third-order valence-corrected chi connectivity index (χ3v) is 4.41. The quantitative estimate of drug-likeness (QED) is 0.855. The topological polar surface area (TPSA) is 21.3 Å². The fourth-order valence-electron chi connectivity index (χ4n) is 2.59. The average molecular weight is 326 g/mol. The van der Waals surface area contributed by atoms with Gasteiger partial charge in [0.2, 0.25) is 0 Å². The summed E-state index contributed by atoms with van der Waals surface area (Å²) in [4.78, 5) is 0. The molecule has 0 spiro atoms. The second kappa shape index (κ2) is 6.27. The van der Waals surface area contributed by atoms with Crippen LogP contribution >= 0.6 is 15.9 Å². The van der Waals surface area contributed by atoms with E-state index in [4.69, 9.17) is 4.74 Å². The molecular formula is C16H24BrNO. The molecular weight excluding hydrogens is 302 g/mol. The molecule has 1 heterocycles. The predicted molar refractivity (Wildman–Crippen MR) is 84.0 cm³/mol. The normalized spacial score (nSPS) is 14.3. The first kappa shape index (κ1) is 14.9. The maximum Gasteiger partial charge on any atom is 0.125 e. The van der Waals surface area contributed by atoms with Gasteiger partial charge in [-0.25, -0.2) is 0 Å². The molecule has 0 bridgehead atoms. The van der Waals surface area contributed by atoms with Crippen molar-refractivity contribution in [1.29, 1.82) is 0 Å². The van der Waals surface area contributed by atoms with Crippen LogP contribution in [0.15, 0.2) is 16.6 Å². The summed E-state index contributed by atoms with van der Waals surface area (Å²) in [5.74, 6) is 1.15. The predicted octanol–water partition coefficient (Wildman–Crippen LogP) is 3.95. The molecule has 0 aliphatic carbocycles. The van der Waals surface area contributed by atoms with E-state index in [9.17, 15) is 0 Å². The Bertz CT molecular complexity index is 443. The Labute approximate surface area is 125 Å². The van der Waals surface area contributed by atoms with Crippen LogP contribution in [0.3, 0.4) is 0 Å². The molecule has 2 rings (SSSR count). The van der Waals surface area contributed by atoms with Crippen molar-refractivity contribution in [2.24, 2.45) is 5.41 Å². The van der Waals surface area contributed by atoms with Crippen molar-refractivity contribution in [3.8, 4) is 5.75 Å². The third kappa shape index (κ3) is 3.96. The van der Waals surface area contributed by atoms with Crippen LogP contribution in [-0.2, 0) is 12.8 Å². The minimum absolute atomic E-state index is 0.372. The lowest BCUT2D eigenvalue weighted by molar-refractivity contribution is 0.302. The van der Waals surface area contributed by atoms with Crippen molar-refractivity contribution in [2.75, 3.05) is 20.2 Å². The molecule has 1 N–H and O–H groups in total. The third-order valence-electron chi connectivity index (χ3n) is 3.95. The largest absolute Gasteiger partial charge is 0.493 e. The molecule has 1 aliphatic rings. The molecule has 0 saturated heterocycles. The van der Waals surface area contributed by atoms with Crippen molar-refractivity contribution in [3.63, 3.8) is 0 Å². The number of fused-ring (bicyclic) bond motifs is 1. The van der Waals surface area contributed by atoms with Gasteiger partial charge in [0.05, 0.1) is 6.61 Å². The summed E-state index contributed by atoms with van der Waals surface area (Å²) in [6, 6.07) is 4.41. The summed E-state index contributed by atoms with van der Waals surface area (Å²) in [5.41, 5.74) is 3.09. The molecule has 106 valence electrons. The van der Waals surface area contributed by atoms with Crippen molar-refractivity contribution < 1.29 is 4.74 Å². The summed E-state index contributed by atoms with van der Waals surface area (Å²) in [7, 11) is 2.02. The van der Waals surface area contributed by atoms with Crippen LogP contribution < -0.4 is 10.1 Å². The minimum Gasteiger partial charge on any atom is -0.493 e. The molecule has 0 fully saturated rings. The van der Waals surface area contributed by atoms with Crippen LogP contribution in [0.1, 0.15) is 37.8 Å². The molecule has 3 heteroatoms. The van der Waals surface area contributed by atoms with Gasteiger partial charge in [-0.3, -0.25) is 0 Å². The Morgan fingerprint density at radius 2 is 2.11 bits per heavy atom. The summed E-state index contributed by atoms with van der Waals surface area (Å²) in [6.07, 6.45) is 4.55. The van der Waals surface area contributed by atoms with E-state index in [0.717, 1.165) is 31.7 Å². The van der Waals surface area contributed by atoms with E-state index >= 15 is 0 Å². The fourth-order valence-corrected chi connectivity index (χ4v) is 3.15. The van der Waals surface area contributed by atoms with Gasteiger partial charge in [0, 0.05) is 10.9 Å². The van der Waals surface area contributed by atoms with Crippen LogP contribution in [0.2, 0.25) is 0 Å². The van der Waals surface area contributed by atoms with E-state index in [0.29, 0.717) is 5.41 Å². The molecule has 0 saturated carbocycles. The smallest absolute Gasteiger partial charge is 0.125 e. The van der Waals surface area contributed by atoms with Gasteiger partial charge in [0.1, 0.15) is 5.75 Å². The average Bonchev–Trinajstić information content (AvgIpc) is 2.81. The van der Waals surface area contributed by atoms with E-state index < -0.39 is 0 Å². The highest BCUT2D eigenvalue weighted by Crippen LogP contribution is 2.36. The molecule has 0 unspecified atom stereocenters. The Kier molecular flexibility index (Phi) is 4.91. The van der Waals surface area contributed by atoms with E-state index in [1.807, 2.05) is 7.05 Å². The van der Waals surface area contributed by atoms with E-state index in [-0.39, 0.29) is 0 Å². The molecule has 2 nitrogen and oxygen atoms in total. The first-order chi connectivity index (χ1) is 9.02. The first-order valence-corrected chi connectivity index (χ1v) is 7.90. The van der Waals surface area contributed by atoms with Gasteiger partial charge in [-0.1, -0.05) is 29.8 Å². The van der Waals surface area contributed by atoms with Gasteiger partial charge in [0.15, 0.2) is 0 Å². The SMILES string of the molecule is CNCCC(C)(C)CCc1cc(Br)cc2c1OCC2. The van der Waals surface area contributed by atoms with Gasteiger partial charge in [0.25, 0.3) is 0 Å². The molecule has 0 atom stereocenters. The Balaban J connectivity index is 2.04. The molecule has 0 aromatic heterocycles. The molecule has 19 heavy (non-hydrogen) atoms. The van der Waals surface area contributed by atoms with Crippen molar-refractivity contribution in [1.82, 2.24) is 5.32 Å². The standard InChI is InChI=1S/C16H24BrNO/c1-16(2,7-8-18-3)6-4-12-10-14(17)11-13-5-9-19-15(12)13/h10-11,18H,4-9H2,1-3H3. The maximum atomic E-state index is 5.80. The molecule has 0 radical (unpaired) electrons. The molecule has 1 aromatic rings. The number of hydrogen-bond donors (Lipinski definition) is 1. The highest BCUT2D eigenvalue weighted by atomic mass is 79.9. The lowest BCUT2D eigenvalue weighted by Crippen LogP contribution is -2.20. The van der Waals surface area contributed by atoms with Gasteiger partial charge >= 0.3 is 0 Å². The van der Waals surface area contributed by atoms with E-state index in [1.165, 1.54) is 28.4 Å². The monoisotopic (exact) mass is 325 g/mol. The number of aryl methyl sites for hydroxylation is 1. The van der Waals surface area contributed by atoms with Crippen molar-refractivity contribution in [3.05, 3.63) is 27.7 Å². The summed E-state index contributed by atoms with van der Waals surface area (Å²) >= 11 is 3.61. The van der Waals surface area contributed by atoms with Crippen LogP contribution in [0, 0.1) is 5.41 Å². The number of benzene rings is 1. The number of hydrogen-bond acceptors (Lipinski definition) is 2. The Hall–Kier alpha value is -0.540. The van der Waals surface area contributed by atoms with Crippen molar-refractivity contribution >= 4 is 15.9 Å². The van der Waals surface area contributed by atoms with E-state index in [2.05, 4.69) is 47.2 Å². The molecule has 0 amide bonds. The fraction of sp³-hybridized carbons (Fsp3) is 0.625. The zero-order chi connectivity index (χ0) is 13.9. The van der Waals surface area contributed by atoms with Gasteiger partial charge < -0.3 is 10.1 Å². The molecule has 1 aliphatic heterocycles. The number of nitrogens with one attached hydrogen (secondary N) is 1. The first-order valence-electron chi connectivity index (χ1n) is 7.10.